The Hall–Kier alpha value is -3.39. The van der Waals surface area contributed by atoms with Crippen molar-refractivity contribution in [1.82, 2.24) is 15.2 Å². The van der Waals surface area contributed by atoms with E-state index >= 15 is 0 Å². The van der Waals surface area contributed by atoms with E-state index in [2.05, 4.69) is 27.3 Å². The lowest BCUT2D eigenvalue weighted by molar-refractivity contribution is -0.122. The summed E-state index contributed by atoms with van der Waals surface area (Å²) in [7, 11) is 1.59. The van der Waals surface area contributed by atoms with Crippen molar-refractivity contribution in [3.05, 3.63) is 94.3 Å². The predicted molar refractivity (Wildman–Crippen MR) is 147 cm³/mol. The molecular formula is C30H32ClN3O4. The molecule has 1 fully saturated rings. The van der Waals surface area contributed by atoms with E-state index in [-0.39, 0.29) is 12.5 Å². The molecule has 2 N–H and O–H groups in total. The zero-order chi connectivity index (χ0) is 26.5. The summed E-state index contributed by atoms with van der Waals surface area (Å²) >= 11 is 6.03. The SMILES string of the molecule is CNC(=O)COc1ccc2c(c1)/C(=C/CCN1CCC(O)(c3ccc(Cl)cc3)CC1)c1cccnc1CO2. The largest absolute Gasteiger partial charge is 0.487 e. The molecule has 0 unspecified atom stereocenters. The number of halogens is 1. The summed E-state index contributed by atoms with van der Waals surface area (Å²) in [5.41, 5.74) is 3.99. The van der Waals surface area contributed by atoms with E-state index in [1.807, 2.05) is 48.5 Å². The van der Waals surface area contributed by atoms with Gasteiger partial charge < -0.3 is 24.8 Å². The second-order valence-electron chi connectivity index (χ2n) is 9.69. The lowest BCUT2D eigenvalue weighted by atomic mass is 9.84. The number of ether oxygens (including phenoxy) is 2. The number of pyridine rings is 1. The van der Waals surface area contributed by atoms with Crippen molar-refractivity contribution in [2.75, 3.05) is 33.3 Å². The average Bonchev–Trinajstić information content (AvgIpc) is 3.10. The maximum Gasteiger partial charge on any atom is 0.257 e. The number of carbonyl (C=O) groups is 1. The van der Waals surface area contributed by atoms with E-state index in [0.717, 1.165) is 59.8 Å². The van der Waals surface area contributed by atoms with Gasteiger partial charge in [-0.2, -0.15) is 0 Å². The summed E-state index contributed by atoms with van der Waals surface area (Å²) in [4.78, 5) is 18.6. The molecule has 0 aliphatic carbocycles. The van der Waals surface area contributed by atoms with Gasteiger partial charge in [0.2, 0.25) is 0 Å². The van der Waals surface area contributed by atoms with Crippen LogP contribution in [0.25, 0.3) is 5.57 Å². The van der Waals surface area contributed by atoms with E-state index in [9.17, 15) is 9.90 Å². The predicted octanol–water partition coefficient (Wildman–Crippen LogP) is 4.56. The molecule has 2 aliphatic heterocycles. The van der Waals surface area contributed by atoms with Crippen LogP contribution in [0.1, 0.15) is 41.6 Å². The van der Waals surface area contributed by atoms with Crippen LogP contribution in [-0.2, 0) is 17.0 Å². The van der Waals surface area contributed by atoms with Gasteiger partial charge in [0.05, 0.1) is 11.3 Å². The second kappa shape index (κ2) is 11.6. The Bertz CT molecular complexity index is 1320. The minimum Gasteiger partial charge on any atom is -0.487 e. The lowest BCUT2D eigenvalue weighted by Crippen LogP contribution is -2.42. The number of amides is 1. The Balaban J connectivity index is 1.31. The number of likely N-dealkylation sites (N-methyl/N-ethyl adjacent to an activating group) is 1. The van der Waals surface area contributed by atoms with Gasteiger partial charge in [0.15, 0.2) is 6.61 Å². The molecular weight excluding hydrogens is 502 g/mol. The van der Waals surface area contributed by atoms with Gasteiger partial charge in [-0.25, -0.2) is 0 Å². The summed E-state index contributed by atoms with van der Waals surface area (Å²) in [5, 5.41) is 14.5. The number of nitrogens with zero attached hydrogens (tertiary/aromatic N) is 2. The number of hydrogen-bond donors (Lipinski definition) is 2. The molecule has 7 nitrogen and oxygen atoms in total. The topological polar surface area (TPSA) is 83.9 Å². The summed E-state index contributed by atoms with van der Waals surface area (Å²) in [5.74, 6) is 1.17. The van der Waals surface area contributed by atoms with Crippen LogP contribution in [0.4, 0.5) is 0 Å². The average molecular weight is 534 g/mol. The van der Waals surface area contributed by atoms with Gasteiger partial charge in [0.1, 0.15) is 18.1 Å². The smallest absolute Gasteiger partial charge is 0.257 e. The molecule has 2 aromatic carbocycles. The number of benzene rings is 2. The van der Waals surface area contributed by atoms with Gasteiger partial charge in [-0.3, -0.25) is 9.78 Å². The fraction of sp³-hybridized carbons (Fsp3) is 0.333. The summed E-state index contributed by atoms with van der Waals surface area (Å²) in [6, 6.07) is 17.2. The number of aliphatic hydroxyl groups is 1. The number of nitrogens with one attached hydrogen (secondary N) is 1. The van der Waals surface area contributed by atoms with Gasteiger partial charge in [-0.15, -0.1) is 0 Å². The molecule has 0 bridgehead atoms. The van der Waals surface area contributed by atoms with Crippen LogP contribution in [0.3, 0.4) is 0 Å². The van der Waals surface area contributed by atoms with Crippen LogP contribution in [0.5, 0.6) is 11.5 Å². The van der Waals surface area contributed by atoms with Gasteiger partial charge in [0, 0.05) is 49.0 Å². The molecule has 0 atom stereocenters. The molecule has 3 aromatic rings. The standard InChI is InChI=1S/C30H32ClN3O4/c1-32-29(35)20-37-23-10-11-28-26(18-23)24(25-4-2-14-33-27(25)19-38-28)5-3-15-34-16-12-30(36,13-17-34)21-6-8-22(31)9-7-21/h2,4-11,14,18,36H,3,12-13,15-17,19-20H2,1H3,(H,32,35)/b24-5+. The molecule has 5 rings (SSSR count). The quantitative estimate of drug-likeness (QED) is 0.463. The van der Waals surface area contributed by atoms with E-state index in [1.54, 1.807) is 13.2 Å². The van der Waals surface area contributed by atoms with E-state index in [1.165, 1.54) is 0 Å². The van der Waals surface area contributed by atoms with Crippen molar-refractivity contribution in [2.24, 2.45) is 0 Å². The molecule has 0 spiro atoms. The number of carbonyl (C=O) groups excluding carboxylic acids is 1. The normalized spacial score (nSPS) is 17.6. The van der Waals surface area contributed by atoms with Crippen molar-refractivity contribution >= 4 is 23.1 Å². The lowest BCUT2D eigenvalue weighted by Gasteiger charge is -2.38. The molecule has 1 aromatic heterocycles. The van der Waals surface area contributed by atoms with Crippen molar-refractivity contribution in [1.29, 1.82) is 0 Å². The molecule has 1 amide bonds. The molecule has 38 heavy (non-hydrogen) atoms. The maximum absolute atomic E-state index is 11.7. The number of aromatic nitrogens is 1. The van der Waals surface area contributed by atoms with Crippen LogP contribution < -0.4 is 14.8 Å². The first-order valence-corrected chi connectivity index (χ1v) is 13.3. The fourth-order valence-electron chi connectivity index (χ4n) is 5.05. The highest BCUT2D eigenvalue weighted by atomic mass is 35.5. The van der Waals surface area contributed by atoms with Crippen molar-refractivity contribution < 1.29 is 19.4 Å². The minimum absolute atomic E-state index is 0.0509. The van der Waals surface area contributed by atoms with Crippen LogP contribution in [-0.4, -0.2) is 54.2 Å². The van der Waals surface area contributed by atoms with Gasteiger partial charge in [0.25, 0.3) is 5.91 Å². The van der Waals surface area contributed by atoms with Crippen molar-refractivity contribution in [3.63, 3.8) is 0 Å². The molecule has 0 radical (unpaired) electrons. The fourth-order valence-corrected chi connectivity index (χ4v) is 5.18. The Morgan fingerprint density at radius 3 is 2.74 bits per heavy atom. The van der Waals surface area contributed by atoms with Gasteiger partial charge >= 0.3 is 0 Å². The molecule has 0 saturated carbocycles. The molecule has 3 heterocycles. The highest BCUT2D eigenvalue weighted by Crippen LogP contribution is 2.39. The van der Waals surface area contributed by atoms with Gasteiger partial charge in [-0.05, 0) is 66.8 Å². The van der Waals surface area contributed by atoms with E-state index in [0.29, 0.717) is 30.2 Å². The molecule has 1 saturated heterocycles. The zero-order valence-corrected chi connectivity index (χ0v) is 22.2. The Morgan fingerprint density at radius 2 is 1.97 bits per heavy atom. The monoisotopic (exact) mass is 533 g/mol. The summed E-state index contributed by atoms with van der Waals surface area (Å²) in [6.07, 6.45) is 6.20. The van der Waals surface area contributed by atoms with E-state index < -0.39 is 5.60 Å². The third kappa shape index (κ3) is 5.85. The number of piperidine rings is 1. The van der Waals surface area contributed by atoms with Crippen LogP contribution in [0, 0.1) is 0 Å². The highest BCUT2D eigenvalue weighted by molar-refractivity contribution is 6.30. The number of hydrogen-bond acceptors (Lipinski definition) is 6. The Labute approximate surface area is 228 Å². The number of fused-ring (bicyclic) bond motifs is 2. The Morgan fingerprint density at radius 1 is 1.18 bits per heavy atom. The number of rotatable bonds is 7. The van der Waals surface area contributed by atoms with Crippen molar-refractivity contribution in [3.8, 4) is 11.5 Å². The highest BCUT2D eigenvalue weighted by Gasteiger charge is 2.33. The summed E-state index contributed by atoms with van der Waals surface area (Å²) < 4.78 is 11.8. The first-order valence-electron chi connectivity index (χ1n) is 12.9. The van der Waals surface area contributed by atoms with Gasteiger partial charge in [-0.1, -0.05) is 35.9 Å². The molecule has 198 valence electrons. The zero-order valence-electron chi connectivity index (χ0n) is 21.5. The van der Waals surface area contributed by atoms with E-state index in [4.69, 9.17) is 21.1 Å². The van der Waals surface area contributed by atoms with Crippen LogP contribution in [0.15, 0.2) is 66.9 Å². The molecule has 2 aliphatic rings. The first kappa shape index (κ1) is 26.2. The minimum atomic E-state index is -0.813. The number of likely N-dealkylation sites (tertiary alicyclic amines) is 1. The van der Waals surface area contributed by atoms with Crippen LogP contribution >= 0.6 is 11.6 Å². The van der Waals surface area contributed by atoms with Crippen molar-refractivity contribution in [2.45, 2.75) is 31.5 Å². The molecule has 8 heteroatoms. The third-order valence-corrected chi connectivity index (χ3v) is 7.55. The third-order valence-electron chi connectivity index (χ3n) is 7.29. The Kier molecular flexibility index (Phi) is 7.98. The summed E-state index contributed by atoms with van der Waals surface area (Å²) in [6.45, 7) is 2.84. The van der Waals surface area contributed by atoms with Crippen LogP contribution in [0.2, 0.25) is 5.02 Å². The second-order valence-corrected chi connectivity index (χ2v) is 10.1. The first-order chi connectivity index (χ1) is 18.4. The maximum atomic E-state index is 11.7.